The monoisotopic (exact) mass is 213 g/mol. The molecule has 1 aromatic heterocycles. The van der Waals surface area contributed by atoms with Crippen LogP contribution in [0.15, 0.2) is 42.7 Å². The molecular weight excluding hydrogens is 202 g/mol. The minimum atomic E-state index is -0.248. The van der Waals surface area contributed by atoms with Gasteiger partial charge in [-0.25, -0.2) is 4.98 Å². The third-order valence-corrected chi connectivity index (χ3v) is 2.02. The molecule has 0 aliphatic heterocycles. The average Bonchev–Trinajstić information content (AvgIpc) is 2.30. The van der Waals surface area contributed by atoms with Crippen LogP contribution in [0.4, 0.5) is 5.69 Å². The van der Waals surface area contributed by atoms with Crippen molar-refractivity contribution in [1.82, 2.24) is 9.97 Å². The second kappa shape index (κ2) is 4.53. The quantitative estimate of drug-likeness (QED) is 0.830. The third-order valence-electron chi connectivity index (χ3n) is 2.02. The number of aromatic nitrogens is 2. The van der Waals surface area contributed by atoms with E-state index in [0.29, 0.717) is 5.69 Å². The summed E-state index contributed by atoms with van der Waals surface area (Å²) in [5.74, 6) is -0.248. The van der Waals surface area contributed by atoms with Gasteiger partial charge < -0.3 is 5.32 Å². The molecule has 80 valence electrons. The van der Waals surface area contributed by atoms with E-state index in [0.717, 1.165) is 11.4 Å². The van der Waals surface area contributed by atoms with Crippen LogP contribution in [0.25, 0.3) is 0 Å². The molecule has 1 N–H and O–H groups in total. The van der Waals surface area contributed by atoms with Gasteiger partial charge in [0.05, 0.1) is 11.9 Å². The van der Waals surface area contributed by atoms with Gasteiger partial charge in [0.2, 0.25) is 0 Å². The molecule has 2 aromatic rings. The summed E-state index contributed by atoms with van der Waals surface area (Å²) in [6, 6.07) is 9.25. The van der Waals surface area contributed by atoms with E-state index < -0.39 is 0 Å². The topological polar surface area (TPSA) is 54.9 Å². The van der Waals surface area contributed by atoms with Gasteiger partial charge in [0.15, 0.2) is 0 Å². The summed E-state index contributed by atoms with van der Waals surface area (Å²) in [5.41, 5.74) is 1.79. The Kier molecular flexibility index (Phi) is 2.91. The van der Waals surface area contributed by atoms with E-state index in [1.165, 1.54) is 6.20 Å². The molecule has 4 heteroatoms. The summed E-state index contributed by atoms with van der Waals surface area (Å²) in [4.78, 5) is 19.8. The number of nitrogens with one attached hydrogen (secondary N) is 1. The van der Waals surface area contributed by atoms with E-state index in [9.17, 15) is 4.79 Å². The first-order valence-corrected chi connectivity index (χ1v) is 4.91. The number of hydrogen-bond donors (Lipinski definition) is 1. The van der Waals surface area contributed by atoms with Crippen LogP contribution < -0.4 is 5.32 Å². The van der Waals surface area contributed by atoms with E-state index in [-0.39, 0.29) is 5.91 Å². The number of aryl methyl sites for hydroxylation is 1. The molecule has 0 spiro atoms. The van der Waals surface area contributed by atoms with Crippen LogP contribution in [-0.4, -0.2) is 15.9 Å². The Morgan fingerprint density at radius 1 is 1.19 bits per heavy atom. The van der Waals surface area contributed by atoms with Gasteiger partial charge in [0.25, 0.3) is 5.91 Å². The van der Waals surface area contributed by atoms with Crippen LogP contribution in [0, 0.1) is 6.92 Å². The van der Waals surface area contributed by atoms with Crippen molar-refractivity contribution in [2.24, 2.45) is 0 Å². The minimum Gasteiger partial charge on any atom is -0.321 e. The highest BCUT2D eigenvalue weighted by atomic mass is 16.1. The summed E-state index contributed by atoms with van der Waals surface area (Å²) >= 11 is 0. The first-order valence-electron chi connectivity index (χ1n) is 4.91. The van der Waals surface area contributed by atoms with Crippen molar-refractivity contribution in [3.8, 4) is 0 Å². The normalized spacial score (nSPS) is 9.81. The maximum absolute atomic E-state index is 11.8. The van der Waals surface area contributed by atoms with Gasteiger partial charge >= 0.3 is 0 Å². The summed E-state index contributed by atoms with van der Waals surface area (Å²) in [6.07, 6.45) is 3.06. The van der Waals surface area contributed by atoms with E-state index in [1.54, 1.807) is 13.1 Å². The van der Waals surface area contributed by atoms with Gasteiger partial charge in [0.1, 0.15) is 5.69 Å². The Hall–Kier alpha value is -2.23. The molecule has 1 amide bonds. The second-order valence-electron chi connectivity index (χ2n) is 3.37. The molecule has 0 saturated heterocycles. The summed E-state index contributed by atoms with van der Waals surface area (Å²) in [7, 11) is 0. The lowest BCUT2D eigenvalue weighted by molar-refractivity contribution is 0.102. The molecule has 0 atom stereocenters. The molecular formula is C12H11N3O. The van der Waals surface area contributed by atoms with Crippen LogP contribution in [-0.2, 0) is 0 Å². The van der Waals surface area contributed by atoms with Crippen molar-refractivity contribution in [3.05, 3.63) is 54.1 Å². The molecule has 1 aromatic carbocycles. The number of anilines is 1. The van der Waals surface area contributed by atoms with Gasteiger partial charge in [0, 0.05) is 11.9 Å². The van der Waals surface area contributed by atoms with Crippen LogP contribution in [0.3, 0.4) is 0 Å². The van der Waals surface area contributed by atoms with Crippen molar-refractivity contribution in [2.75, 3.05) is 5.32 Å². The van der Waals surface area contributed by atoms with Gasteiger partial charge in [-0.1, -0.05) is 18.2 Å². The number of nitrogens with zero attached hydrogens (tertiary/aromatic N) is 2. The number of amides is 1. The molecule has 0 saturated carbocycles. The predicted molar refractivity (Wildman–Crippen MR) is 61.2 cm³/mol. The minimum absolute atomic E-state index is 0.248. The summed E-state index contributed by atoms with van der Waals surface area (Å²) < 4.78 is 0. The fourth-order valence-corrected chi connectivity index (χ4v) is 1.29. The van der Waals surface area contributed by atoms with Crippen LogP contribution >= 0.6 is 0 Å². The first kappa shape index (κ1) is 10.3. The fraction of sp³-hybridized carbons (Fsp3) is 0.0833. The zero-order valence-corrected chi connectivity index (χ0v) is 8.84. The zero-order valence-electron chi connectivity index (χ0n) is 8.84. The predicted octanol–water partition coefficient (Wildman–Crippen LogP) is 2.04. The van der Waals surface area contributed by atoms with Crippen LogP contribution in [0.5, 0.6) is 0 Å². The van der Waals surface area contributed by atoms with Gasteiger partial charge in [-0.2, -0.15) is 0 Å². The summed E-state index contributed by atoms with van der Waals surface area (Å²) in [5, 5.41) is 2.74. The number of carbonyl (C=O) groups excluding carboxylic acids is 1. The van der Waals surface area contributed by atoms with Crippen molar-refractivity contribution in [1.29, 1.82) is 0 Å². The third kappa shape index (κ3) is 2.42. The molecule has 0 aliphatic carbocycles. The van der Waals surface area contributed by atoms with Crippen molar-refractivity contribution in [3.63, 3.8) is 0 Å². The smallest absolute Gasteiger partial charge is 0.275 e. The van der Waals surface area contributed by atoms with Gasteiger partial charge in [-0.05, 0) is 19.1 Å². The maximum atomic E-state index is 11.8. The SMILES string of the molecule is Cc1cncc(C(=O)Nc2ccccc2)n1. The number of para-hydroxylation sites is 1. The Morgan fingerprint density at radius 2 is 1.94 bits per heavy atom. The van der Waals surface area contributed by atoms with Gasteiger partial charge in [-0.3, -0.25) is 9.78 Å². The molecule has 1 heterocycles. The Morgan fingerprint density at radius 3 is 2.62 bits per heavy atom. The molecule has 0 fully saturated rings. The molecule has 16 heavy (non-hydrogen) atoms. The molecule has 0 unspecified atom stereocenters. The zero-order chi connectivity index (χ0) is 11.4. The largest absolute Gasteiger partial charge is 0.321 e. The lowest BCUT2D eigenvalue weighted by Crippen LogP contribution is -2.14. The Bertz CT molecular complexity index is 497. The van der Waals surface area contributed by atoms with Crippen LogP contribution in [0.2, 0.25) is 0 Å². The number of hydrogen-bond acceptors (Lipinski definition) is 3. The van der Waals surface area contributed by atoms with E-state index in [2.05, 4.69) is 15.3 Å². The van der Waals surface area contributed by atoms with E-state index in [1.807, 2.05) is 30.3 Å². The molecule has 0 aliphatic rings. The van der Waals surface area contributed by atoms with Crippen molar-refractivity contribution in [2.45, 2.75) is 6.92 Å². The molecule has 0 bridgehead atoms. The average molecular weight is 213 g/mol. The molecule has 4 nitrogen and oxygen atoms in total. The fourth-order valence-electron chi connectivity index (χ4n) is 1.29. The highest BCUT2D eigenvalue weighted by Crippen LogP contribution is 2.06. The number of rotatable bonds is 2. The van der Waals surface area contributed by atoms with Crippen LogP contribution in [0.1, 0.15) is 16.2 Å². The number of carbonyl (C=O) groups is 1. The van der Waals surface area contributed by atoms with Gasteiger partial charge in [-0.15, -0.1) is 0 Å². The first-order chi connectivity index (χ1) is 7.75. The van der Waals surface area contributed by atoms with Crippen molar-refractivity contribution < 1.29 is 4.79 Å². The number of benzene rings is 1. The molecule has 0 radical (unpaired) electrons. The second-order valence-corrected chi connectivity index (χ2v) is 3.37. The highest BCUT2D eigenvalue weighted by molar-refractivity contribution is 6.02. The van der Waals surface area contributed by atoms with E-state index in [4.69, 9.17) is 0 Å². The van der Waals surface area contributed by atoms with E-state index >= 15 is 0 Å². The Labute approximate surface area is 93.4 Å². The lowest BCUT2D eigenvalue weighted by atomic mass is 10.3. The maximum Gasteiger partial charge on any atom is 0.275 e. The van der Waals surface area contributed by atoms with Crippen molar-refractivity contribution >= 4 is 11.6 Å². The highest BCUT2D eigenvalue weighted by Gasteiger charge is 2.07. The Balaban J connectivity index is 2.15. The molecule has 2 rings (SSSR count). The summed E-state index contributed by atoms with van der Waals surface area (Å²) in [6.45, 7) is 1.80. The lowest BCUT2D eigenvalue weighted by Gasteiger charge is -2.03. The standard InChI is InChI=1S/C12H11N3O/c1-9-7-13-8-11(14-9)12(16)15-10-5-3-2-4-6-10/h2-8H,1H3,(H,15,16).